The normalized spacial score (nSPS) is 8.27. The van der Waals surface area contributed by atoms with Gasteiger partial charge in [0, 0.05) is 5.56 Å². The maximum atomic E-state index is 8.51. The third-order valence-electron chi connectivity index (χ3n) is 1.39. The Hall–Kier alpha value is -1.73. The second-order valence-electron chi connectivity index (χ2n) is 2.13. The van der Waals surface area contributed by atoms with E-state index < -0.39 is 0 Å². The summed E-state index contributed by atoms with van der Waals surface area (Å²) >= 11 is 0. The van der Waals surface area contributed by atoms with Crippen molar-refractivity contribution in [1.29, 1.82) is 5.26 Å². The van der Waals surface area contributed by atoms with Crippen molar-refractivity contribution in [3.05, 3.63) is 41.8 Å². The number of rotatable bonds is 0. The molecule has 0 aromatic heterocycles. The van der Waals surface area contributed by atoms with Gasteiger partial charge in [-0.25, -0.2) is 0 Å². The van der Waals surface area contributed by atoms with Crippen LogP contribution in [0.1, 0.15) is 16.7 Å². The second-order valence-corrected chi connectivity index (χ2v) is 2.13. The number of nitrogens with zero attached hydrogens (tertiary/aromatic N) is 1. The summed E-state index contributed by atoms with van der Waals surface area (Å²) in [6.07, 6.45) is 5.17. The van der Waals surface area contributed by atoms with Crippen LogP contribution in [0.4, 0.5) is 0 Å². The first-order chi connectivity index (χ1) is 5.27. The van der Waals surface area contributed by atoms with E-state index in [1.54, 1.807) is 18.2 Å². The zero-order valence-electron chi connectivity index (χ0n) is 5.96. The highest BCUT2D eigenvalue weighted by atomic mass is 14.2. The highest BCUT2D eigenvalue weighted by Crippen LogP contribution is 2.08. The van der Waals surface area contributed by atoms with Gasteiger partial charge in [0.05, 0.1) is 11.6 Å². The lowest BCUT2D eigenvalue weighted by molar-refractivity contribution is 1.46. The number of terminal acetylenes is 1. The van der Waals surface area contributed by atoms with Crippen LogP contribution >= 0.6 is 0 Å². The minimum absolute atomic E-state index is 0.574. The lowest BCUT2D eigenvalue weighted by atomic mass is 10.1. The van der Waals surface area contributed by atoms with E-state index in [0.29, 0.717) is 11.1 Å². The standard InChI is InChI=1S/C10H6N/c1-3-10-6-9(7-11)5-4-8(10)2/h1,4-6H,2H2. The monoisotopic (exact) mass is 140 g/mol. The summed E-state index contributed by atoms with van der Waals surface area (Å²) in [5, 5.41) is 8.51. The van der Waals surface area contributed by atoms with E-state index in [1.165, 1.54) is 0 Å². The summed E-state index contributed by atoms with van der Waals surface area (Å²) in [6.45, 7) is 3.71. The lowest BCUT2D eigenvalue weighted by Crippen LogP contribution is -1.82. The van der Waals surface area contributed by atoms with E-state index >= 15 is 0 Å². The lowest BCUT2D eigenvalue weighted by Gasteiger charge is -1.96. The first kappa shape index (κ1) is 7.38. The Balaban J connectivity index is 3.29. The maximum absolute atomic E-state index is 8.51. The first-order valence-electron chi connectivity index (χ1n) is 3.10. The molecule has 0 aliphatic carbocycles. The van der Waals surface area contributed by atoms with Gasteiger partial charge in [-0.05, 0) is 24.6 Å². The Kier molecular flexibility index (Phi) is 1.95. The molecule has 1 nitrogen and oxygen atoms in total. The zero-order chi connectivity index (χ0) is 8.27. The molecule has 0 bridgehead atoms. The molecule has 11 heavy (non-hydrogen) atoms. The van der Waals surface area contributed by atoms with Crippen molar-refractivity contribution in [1.82, 2.24) is 0 Å². The van der Waals surface area contributed by atoms with E-state index in [0.717, 1.165) is 5.56 Å². The number of hydrogen-bond acceptors (Lipinski definition) is 1. The Bertz CT molecular complexity index is 350. The van der Waals surface area contributed by atoms with Crippen molar-refractivity contribution in [3.8, 4) is 18.4 Å². The number of hydrogen-bond donors (Lipinski definition) is 0. The van der Waals surface area contributed by atoms with Gasteiger partial charge in [0.2, 0.25) is 0 Å². The molecule has 51 valence electrons. The zero-order valence-corrected chi connectivity index (χ0v) is 5.96. The van der Waals surface area contributed by atoms with Crippen LogP contribution in [-0.4, -0.2) is 0 Å². The summed E-state index contributed by atoms with van der Waals surface area (Å²) < 4.78 is 0. The van der Waals surface area contributed by atoms with Crippen LogP contribution in [0.15, 0.2) is 18.2 Å². The molecule has 0 saturated carbocycles. The van der Waals surface area contributed by atoms with E-state index in [-0.39, 0.29) is 0 Å². The Morgan fingerprint density at radius 1 is 1.45 bits per heavy atom. The Labute approximate surface area is 66.3 Å². The Morgan fingerprint density at radius 2 is 2.18 bits per heavy atom. The third-order valence-corrected chi connectivity index (χ3v) is 1.39. The van der Waals surface area contributed by atoms with Gasteiger partial charge in [-0.2, -0.15) is 5.26 Å². The van der Waals surface area contributed by atoms with Crippen molar-refractivity contribution in [2.24, 2.45) is 0 Å². The SMILES string of the molecule is C#Cc1cc(C#N)ccc1[CH2]. The topological polar surface area (TPSA) is 23.8 Å². The van der Waals surface area contributed by atoms with Gasteiger partial charge in [0.1, 0.15) is 0 Å². The van der Waals surface area contributed by atoms with Gasteiger partial charge < -0.3 is 0 Å². The van der Waals surface area contributed by atoms with Gasteiger partial charge in [0.25, 0.3) is 0 Å². The predicted octanol–water partition coefficient (Wildman–Crippen LogP) is 1.72. The molecule has 1 aromatic carbocycles. The highest BCUT2D eigenvalue weighted by Gasteiger charge is 1.95. The highest BCUT2D eigenvalue weighted by molar-refractivity contribution is 5.47. The molecule has 0 saturated heterocycles. The molecular weight excluding hydrogens is 134 g/mol. The fourth-order valence-corrected chi connectivity index (χ4v) is 0.780. The minimum atomic E-state index is 0.574. The largest absolute Gasteiger partial charge is 0.192 e. The van der Waals surface area contributed by atoms with Crippen molar-refractivity contribution in [2.75, 3.05) is 0 Å². The fraction of sp³-hybridized carbons (Fsp3) is 0. The van der Waals surface area contributed by atoms with Crippen molar-refractivity contribution in [2.45, 2.75) is 0 Å². The summed E-state index contributed by atoms with van der Waals surface area (Å²) in [6, 6.07) is 7.10. The molecule has 0 aliphatic heterocycles. The molecule has 0 atom stereocenters. The second kappa shape index (κ2) is 2.90. The van der Waals surface area contributed by atoms with Crippen molar-refractivity contribution in [3.63, 3.8) is 0 Å². The van der Waals surface area contributed by atoms with Crippen LogP contribution < -0.4 is 0 Å². The number of nitriles is 1. The minimum Gasteiger partial charge on any atom is -0.192 e. The molecule has 0 aliphatic rings. The molecule has 0 unspecified atom stereocenters. The van der Waals surface area contributed by atoms with Gasteiger partial charge in [-0.3, -0.25) is 0 Å². The van der Waals surface area contributed by atoms with Crippen LogP contribution in [0, 0.1) is 30.6 Å². The first-order valence-corrected chi connectivity index (χ1v) is 3.10. The maximum Gasteiger partial charge on any atom is 0.0992 e. The van der Waals surface area contributed by atoms with Crippen LogP contribution in [0.3, 0.4) is 0 Å². The molecule has 1 radical (unpaired) electrons. The molecule has 0 N–H and O–H groups in total. The Morgan fingerprint density at radius 3 is 2.73 bits per heavy atom. The van der Waals surface area contributed by atoms with Crippen LogP contribution in [-0.2, 0) is 0 Å². The van der Waals surface area contributed by atoms with Gasteiger partial charge in [0.15, 0.2) is 0 Å². The summed E-state index contributed by atoms with van der Waals surface area (Å²) in [5.74, 6) is 2.46. The van der Waals surface area contributed by atoms with Gasteiger partial charge in [-0.1, -0.05) is 12.0 Å². The van der Waals surface area contributed by atoms with E-state index in [9.17, 15) is 0 Å². The average molecular weight is 140 g/mol. The predicted molar refractivity (Wildman–Crippen MR) is 43.6 cm³/mol. The molecule has 0 spiro atoms. The molecule has 1 rings (SSSR count). The van der Waals surface area contributed by atoms with Crippen LogP contribution in [0.5, 0.6) is 0 Å². The molecule has 0 amide bonds. The third kappa shape index (κ3) is 1.39. The van der Waals surface area contributed by atoms with Gasteiger partial charge >= 0.3 is 0 Å². The van der Waals surface area contributed by atoms with E-state index in [4.69, 9.17) is 11.7 Å². The molecule has 0 heterocycles. The van der Waals surface area contributed by atoms with Gasteiger partial charge in [-0.15, -0.1) is 6.42 Å². The molecule has 1 aromatic rings. The van der Waals surface area contributed by atoms with Crippen LogP contribution in [0.2, 0.25) is 0 Å². The smallest absolute Gasteiger partial charge is 0.0992 e. The number of benzene rings is 1. The summed E-state index contributed by atoms with van der Waals surface area (Å²) in [4.78, 5) is 0. The van der Waals surface area contributed by atoms with E-state index in [1.807, 2.05) is 6.07 Å². The molecule has 1 heteroatoms. The summed E-state index contributed by atoms with van der Waals surface area (Å²) in [5.41, 5.74) is 2.04. The fourth-order valence-electron chi connectivity index (χ4n) is 0.780. The summed E-state index contributed by atoms with van der Waals surface area (Å²) in [7, 11) is 0. The quantitative estimate of drug-likeness (QED) is 0.503. The van der Waals surface area contributed by atoms with Crippen molar-refractivity contribution >= 4 is 0 Å². The average Bonchev–Trinajstić information content (AvgIpc) is 2.05. The van der Waals surface area contributed by atoms with Crippen molar-refractivity contribution < 1.29 is 0 Å². The van der Waals surface area contributed by atoms with E-state index in [2.05, 4.69) is 12.8 Å². The molecule has 0 fully saturated rings. The van der Waals surface area contributed by atoms with Crippen LogP contribution in [0.25, 0.3) is 0 Å². The molecular formula is C10H6N.